The summed E-state index contributed by atoms with van der Waals surface area (Å²) in [5.41, 5.74) is -3.64. The lowest BCUT2D eigenvalue weighted by Crippen LogP contribution is -2.41. The zero-order valence-electron chi connectivity index (χ0n) is 29.5. The van der Waals surface area contributed by atoms with Crippen LogP contribution in [0.4, 0.5) is 26.3 Å². The van der Waals surface area contributed by atoms with Gasteiger partial charge in [0.2, 0.25) is 5.91 Å². The van der Waals surface area contributed by atoms with Gasteiger partial charge in [0, 0.05) is 40.9 Å². The number of benzene rings is 2. The van der Waals surface area contributed by atoms with Gasteiger partial charge in [-0.2, -0.15) is 13.2 Å². The Bertz CT molecular complexity index is 1950. The molecule has 0 radical (unpaired) electrons. The first-order valence-corrected chi connectivity index (χ1v) is 16.4. The second-order valence-electron chi connectivity index (χ2n) is 14.0. The van der Waals surface area contributed by atoms with Gasteiger partial charge in [-0.15, -0.1) is 5.92 Å². The minimum absolute atomic E-state index is 0.0772. The van der Waals surface area contributed by atoms with Crippen LogP contribution in [-0.4, -0.2) is 47.1 Å². The van der Waals surface area contributed by atoms with Crippen LogP contribution in [0.15, 0.2) is 35.3 Å². The zero-order valence-corrected chi connectivity index (χ0v) is 29.5. The topological polar surface area (TPSA) is 91.6 Å². The van der Waals surface area contributed by atoms with E-state index in [0.29, 0.717) is 30.0 Å². The molecule has 4 rings (SSSR count). The predicted octanol–water partition coefficient (Wildman–Crippen LogP) is 7.45. The van der Waals surface area contributed by atoms with Crippen molar-refractivity contribution in [3.8, 4) is 23.0 Å². The summed E-state index contributed by atoms with van der Waals surface area (Å²) in [4.78, 5) is 41.3. The van der Waals surface area contributed by atoms with E-state index in [4.69, 9.17) is 0 Å². The van der Waals surface area contributed by atoms with Crippen molar-refractivity contribution in [1.82, 2.24) is 14.8 Å². The Morgan fingerprint density at radius 2 is 1.65 bits per heavy atom. The van der Waals surface area contributed by atoms with Crippen molar-refractivity contribution in [1.29, 1.82) is 0 Å². The molecule has 1 heterocycles. The first-order chi connectivity index (χ1) is 23.7. The molecule has 1 aliphatic rings. The molecule has 0 unspecified atom stereocenters. The number of hydrogen-bond donors (Lipinski definition) is 2. The van der Waals surface area contributed by atoms with Gasteiger partial charge in [-0.25, -0.2) is 13.2 Å². The van der Waals surface area contributed by atoms with E-state index in [1.165, 1.54) is 20.8 Å². The minimum Gasteiger partial charge on any atom is -0.481 e. The molecule has 274 valence electrons. The van der Waals surface area contributed by atoms with Crippen LogP contribution in [0.2, 0.25) is 0 Å². The molecule has 0 spiro atoms. The molecule has 1 saturated carbocycles. The van der Waals surface area contributed by atoms with Crippen LogP contribution < -0.4 is 10.9 Å². The van der Waals surface area contributed by atoms with Crippen molar-refractivity contribution < 1.29 is 41.0 Å². The van der Waals surface area contributed by atoms with Crippen molar-refractivity contribution >= 4 is 11.9 Å². The molecule has 2 N–H and O–H groups in total. The number of carbonyl (C=O) groups is 2. The second kappa shape index (κ2) is 15.0. The normalized spacial score (nSPS) is 15.0. The number of carboxylic acid groups (broad SMARTS) is 1. The monoisotopic (exact) mass is 717 g/mol. The standard InChI is InChI=1S/C38H41F6N3O4/c1-8-9-23-15-27(40)34(35(41)33(23)32-21(4)13-24(39)14-22(32)5)28(17-31(49)50)45-36(51)29(12-20(2)3)47-18-26(37(10-11-37)19-46(6)7)25(16-30(47)48)38(42,43)44/h13-16,18,20,28-29H,10-12,17,19H2,1-7H3,(H,45,51)(H,49,50)/t28-,29+/m1/s1. The number of hydrogen-bond acceptors (Lipinski definition) is 4. The maximum atomic E-state index is 16.8. The number of aliphatic carboxylic acids is 1. The van der Waals surface area contributed by atoms with Gasteiger partial charge in [0.1, 0.15) is 23.5 Å². The Morgan fingerprint density at radius 1 is 1.04 bits per heavy atom. The molecule has 3 aromatic rings. The maximum absolute atomic E-state index is 16.8. The highest BCUT2D eigenvalue weighted by atomic mass is 19.4. The lowest BCUT2D eigenvalue weighted by Gasteiger charge is -2.29. The molecular formula is C38H41F6N3O4. The SMILES string of the molecule is CC#Cc1cc(F)c([C@@H](CC(=O)O)NC(=O)[C@H](CC(C)C)n2cc(C3(CN(C)C)CC3)c(C(F)(F)F)cc2=O)c(F)c1-c1c(C)cc(F)cc1C. The van der Waals surface area contributed by atoms with Crippen molar-refractivity contribution in [2.45, 2.75) is 84.0 Å². The lowest BCUT2D eigenvalue weighted by molar-refractivity contribution is -0.139. The number of rotatable bonds is 12. The van der Waals surface area contributed by atoms with E-state index < -0.39 is 76.1 Å². The van der Waals surface area contributed by atoms with Crippen LogP contribution in [0, 0.1) is 49.1 Å². The summed E-state index contributed by atoms with van der Waals surface area (Å²) in [6, 6.07) is 0.379. The average Bonchev–Trinajstić information content (AvgIpc) is 3.75. The minimum atomic E-state index is -4.86. The third-order valence-corrected chi connectivity index (χ3v) is 9.07. The summed E-state index contributed by atoms with van der Waals surface area (Å²) >= 11 is 0. The average molecular weight is 718 g/mol. The Balaban J connectivity index is 1.91. The molecule has 0 bridgehead atoms. The molecule has 2 aromatic carbocycles. The number of halogens is 6. The first kappa shape index (κ1) is 39.2. The number of nitrogens with zero attached hydrogens (tertiary/aromatic N) is 2. The maximum Gasteiger partial charge on any atom is 0.416 e. The number of pyridine rings is 1. The zero-order chi connectivity index (χ0) is 38.2. The van der Waals surface area contributed by atoms with E-state index in [0.717, 1.165) is 29.0 Å². The molecular weight excluding hydrogens is 676 g/mol. The van der Waals surface area contributed by atoms with E-state index in [1.54, 1.807) is 32.8 Å². The summed E-state index contributed by atoms with van der Waals surface area (Å²) in [6.45, 7) is 8.16. The van der Waals surface area contributed by atoms with E-state index in [-0.39, 0.29) is 41.1 Å². The predicted molar refractivity (Wildman–Crippen MR) is 181 cm³/mol. The number of amides is 1. The summed E-state index contributed by atoms with van der Waals surface area (Å²) in [5.74, 6) is -0.665. The Hall–Kier alpha value is -4.57. The summed E-state index contributed by atoms with van der Waals surface area (Å²) in [5, 5.41) is 12.2. The summed E-state index contributed by atoms with van der Waals surface area (Å²) in [7, 11) is 3.43. The highest BCUT2D eigenvalue weighted by molar-refractivity contribution is 5.83. The molecule has 1 aromatic heterocycles. The Labute approximate surface area is 292 Å². The fourth-order valence-electron chi connectivity index (χ4n) is 6.92. The fourth-order valence-corrected chi connectivity index (χ4v) is 6.92. The third-order valence-electron chi connectivity index (χ3n) is 9.07. The first-order valence-electron chi connectivity index (χ1n) is 16.4. The Kier molecular flexibility index (Phi) is 11.5. The van der Waals surface area contributed by atoms with Crippen molar-refractivity contribution in [3.63, 3.8) is 0 Å². The number of carbonyl (C=O) groups excluding carboxylic acids is 1. The van der Waals surface area contributed by atoms with Crippen LogP contribution >= 0.6 is 0 Å². The molecule has 51 heavy (non-hydrogen) atoms. The highest BCUT2D eigenvalue weighted by Crippen LogP contribution is 2.52. The van der Waals surface area contributed by atoms with E-state index in [2.05, 4.69) is 17.2 Å². The lowest BCUT2D eigenvalue weighted by atomic mass is 9.88. The largest absolute Gasteiger partial charge is 0.481 e. The van der Waals surface area contributed by atoms with Crippen LogP contribution in [0.1, 0.15) is 91.9 Å². The quantitative estimate of drug-likeness (QED) is 0.150. The van der Waals surface area contributed by atoms with Gasteiger partial charge < -0.3 is 19.9 Å². The molecule has 1 amide bonds. The Morgan fingerprint density at radius 3 is 2.14 bits per heavy atom. The smallest absolute Gasteiger partial charge is 0.416 e. The number of alkyl halides is 3. The molecule has 13 heteroatoms. The van der Waals surface area contributed by atoms with Crippen molar-refractivity contribution in [2.24, 2.45) is 5.92 Å². The van der Waals surface area contributed by atoms with Gasteiger partial charge in [0.05, 0.1) is 18.0 Å². The number of aromatic nitrogens is 1. The fraction of sp³-hybridized carbons (Fsp3) is 0.447. The second-order valence-corrected chi connectivity index (χ2v) is 14.0. The number of carboxylic acids is 1. The third kappa shape index (κ3) is 8.50. The molecule has 0 saturated heterocycles. The van der Waals surface area contributed by atoms with Crippen molar-refractivity contribution in [2.75, 3.05) is 20.6 Å². The van der Waals surface area contributed by atoms with Gasteiger partial charge >= 0.3 is 12.1 Å². The number of nitrogens with one attached hydrogen (secondary N) is 1. The van der Waals surface area contributed by atoms with E-state index >= 15 is 8.78 Å². The molecule has 2 atom stereocenters. The van der Waals surface area contributed by atoms with Gasteiger partial charge in [-0.05, 0) is 100 Å². The number of aryl methyl sites for hydroxylation is 2. The molecule has 7 nitrogen and oxygen atoms in total. The summed E-state index contributed by atoms with van der Waals surface area (Å²) < 4.78 is 90.7. The summed E-state index contributed by atoms with van der Waals surface area (Å²) in [6.07, 6.45) is -4.04. The van der Waals surface area contributed by atoms with E-state index in [1.807, 2.05) is 0 Å². The molecule has 0 aliphatic heterocycles. The molecule has 1 fully saturated rings. The van der Waals surface area contributed by atoms with Crippen LogP contribution in [0.25, 0.3) is 11.1 Å². The van der Waals surface area contributed by atoms with E-state index in [9.17, 15) is 37.1 Å². The number of likely N-dealkylation sites (N-methyl/N-ethyl adjacent to an activating group) is 1. The molecule has 1 aliphatic carbocycles. The van der Waals surface area contributed by atoms with Crippen LogP contribution in [-0.2, 0) is 21.2 Å². The van der Waals surface area contributed by atoms with Gasteiger partial charge in [-0.3, -0.25) is 14.4 Å². The van der Waals surface area contributed by atoms with Gasteiger partial charge in [-0.1, -0.05) is 19.8 Å². The highest BCUT2D eigenvalue weighted by Gasteiger charge is 2.50. The van der Waals surface area contributed by atoms with Crippen molar-refractivity contribution in [3.05, 3.63) is 91.6 Å². The van der Waals surface area contributed by atoms with Crippen LogP contribution in [0.3, 0.4) is 0 Å². The van der Waals surface area contributed by atoms with Gasteiger partial charge in [0.25, 0.3) is 5.56 Å². The van der Waals surface area contributed by atoms with Crippen LogP contribution in [0.5, 0.6) is 0 Å². The van der Waals surface area contributed by atoms with Gasteiger partial charge in [0.15, 0.2) is 0 Å².